The van der Waals surface area contributed by atoms with Gasteiger partial charge in [-0.1, -0.05) is 36.8 Å². The molecule has 0 bridgehead atoms. The van der Waals surface area contributed by atoms with Crippen LogP contribution in [0.1, 0.15) is 31.2 Å². The largest absolute Gasteiger partial charge is 0.396 e. The van der Waals surface area contributed by atoms with Crippen molar-refractivity contribution in [2.45, 2.75) is 32.2 Å². The third-order valence-electron chi connectivity index (χ3n) is 5.03. The zero-order valence-electron chi connectivity index (χ0n) is 11.0. The molecule has 2 unspecified atom stereocenters. The van der Waals surface area contributed by atoms with Crippen molar-refractivity contribution in [2.24, 2.45) is 11.3 Å². The molecule has 2 fully saturated rings. The highest BCUT2D eigenvalue weighted by atomic mass is 16.3. The fourth-order valence-corrected chi connectivity index (χ4v) is 3.99. The minimum Gasteiger partial charge on any atom is -0.396 e. The van der Waals surface area contributed by atoms with Gasteiger partial charge in [0.25, 0.3) is 0 Å². The lowest BCUT2D eigenvalue weighted by atomic mass is 9.77. The summed E-state index contributed by atoms with van der Waals surface area (Å²) in [5.74, 6) is 0.554. The molecule has 1 N–H and O–H groups in total. The van der Waals surface area contributed by atoms with Gasteiger partial charge in [-0.15, -0.1) is 0 Å². The Morgan fingerprint density at radius 2 is 2.06 bits per heavy atom. The highest BCUT2D eigenvalue weighted by molar-refractivity contribution is 5.15. The molecule has 1 heterocycles. The van der Waals surface area contributed by atoms with Gasteiger partial charge < -0.3 is 5.11 Å². The fourth-order valence-electron chi connectivity index (χ4n) is 3.99. The maximum atomic E-state index is 9.55. The van der Waals surface area contributed by atoms with Gasteiger partial charge in [0.2, 0.25) is 0 Å². The van der Waals surface area contributed by atoms with E-state index in [1.165, 1.54) is 44.3 Å². The van der Waals surface area contributed by atoms with E-state index in [-0.39, 0.29) is 0 Å². The molecule has 0 amide bonds. The van der Waals surface area contributed by atoms with Crippen LogP contribution in [0.15, 0.2) is 30.3 Å². The summed E-state index contributed by atoms with van der Waals surface area (Å²) >= 11 is 0. The second-order valence-corrected chi connectivity index (χ2v) is 6.08. The zero-order valence-corrected chi connectivity index (χ0v) is 11.0. The molecule has 98 valence electrons. The average Bonchev–Trinajstić information content (AvgIpc) is 2.99. The lowest BCUT2D eigenvalue weighted by molar-refractivity contribution is 0.118. The van der Waals surface area contributed by atoms with Crippen molar-refractivity contribution in [1.82, 2.24) is 4.90 Å². The van der Waals surface area contributed by atoms with E-state index in [4.69, 9.17) is 0 Å². The standard InChI is InChI=1S/C16H23NO/c18-12-15-7-4-8-16(15)9-10-17(13-16)11-14-5-2-1-3-6-14/h1-3,5-6,15,18H,4,7-13H2. The smallest absolute Gasteiger partial charge is 0.0465 e. The molecule has 1 aliphatic carbocycles. The maximum Gasteiger partial charge on any atom is 0.0465 e. The predicted octanol–water partition coefficient (Wildman–Crippen LogP) is 2.67. The van der Waals surface area contributed by atoms with Crippen molar-refractivity contribution in [2.75, 3.05) is 19.7 Å². The molecule has 1 spiro atoms. The first-order chi connectivity index (χ1) is 8.82. The van der Waals surface area contributed by atoms with E-state index in [1.807, 2.05) is 0 Å². The predicted molar refractivity (Wildman–Crippen MR) is 73.2 cm³/mol. The molecule has 2 heteroatoms. The Bertz CT molecular complexity index is 391. The fraction of sp³-hybridized carbons (Fsp3) is 0.625. The van der Waals surface area contributed by atoms with Gasteiger partial charge in [0.05, 0.1) is 0 Å². The SMILES string of the molecule is OCC1CCCC12CCN(Cc1ccccc1)C2. The van der Waals surface area contributed by atoms with Gasteiger partial charge in [-0.05, 0) is 42.7 Å². The number of rotatable bonds is 3. The van der Waals surface area contributed by atoms with Crippen molar-refractivity contribution in [3.05, 3.63) is 35.9 Å². The van der Waals surface area contributed by atoms with E-state index in [0.29, 0.717) is 17.9 Å². The van der Waals surface area contributed by atoms with Crippen molar-refractivity contribution >= 4 is 0 Å². The van der Waals surface area contributed by atoms with Crippen LogP contribution in [0.25, 0.3) is 0 Å². The Morgan fingerprint density at radius 3 is 2.83 bits per heavy atom. The van der Waals surface area contributed by atoms with Gasteiger partial charge in [-0.25, -0.2) is 0 Å². The van der Waals surface area contributed by atoms with Crippen molar-refractivity contribution in [3.63, 3.8) is 0 Å². The van der Waals surface area contributed by atoms with Crippen LogP contribution in [-0.2, 0) is 6.54 Å². The molecule has 3 rings (SSSR count). The van der Waals surface area contributed by atoms with E-state index >= 15 is 0 Å². The number of nitrogens with zero attached hydrogens (tertiary/aromatic N) is 1. The van der Waals surface area contributed by atoms with Gasteiger partial charge in [0.1, 0.15) is 0 Å². The second kappa shape index (κ2) is 5.02. The van der Waals surface area contributed by atoms with E-state index < -0.39 is 0 Å². The van der Waals surface area contributed by atoms with Crippen LogP contribution in [0.3, 0.4) is 0 Å². The summed E-state index contributed by atoms with van der Waals surface area (Å²) in [6.07, 6.45) is 5.15. The summed E-state index contributed by atoms with van der Waals surface area (Å²) in [5, 5.41) is 9.55. The van der Waals surface area contributed by atoms with Gasteiger partial charge in [-0.2, -0.15) is 0 Å². The van der Waals surface area contributed by atoms with Crippen molar-refractivity contribution in [3.8, 4) is 0 Å². The lowest BCUT2D eigenvalue weighted by Gasteiger charge is -2.30. The van der Waals surface area contributed by atoms with Crippen LogP contribution in [0.5, 0.6) is 0 Å². The number of aliphatic hydroxyl groups is 1. The van der Waals surface area contributed by atoms with Crippen LogP contribution >= 0.6 is 0 Å². The van der Waals surface area contributed by atoms with Crippen LogP contribution in [0, 0.1) is 11.3 Å². The van der Waals surface area contributed by atoms with Crippen molar-refractivity contribution in [1.29, 1.82) is 0 Å². The summed E-state index contributed by atoms with van der Waals surface area (Å²) in [4.78, 5) is 2.57. The topological polar surface area (TPSA) is 23.5 Å². The summed E-state index contributed by atoms with van der Waals surface area (Å²) < 4.78 is 0. The molecule has 2 aliphatic rings. The molecule has 2 atom stereocenters. The molecule has 1 saturated carbocycles. The summed E-state index contributed by atoms with van der Waals surface area (Å²) in [6.45, 7) is 3.85. The Kier molecular flexibility index (Phi) is 3.40. The third kappa shape index (κ3) is 2.19. The average molecular weight is 245 g/mol. The van der Waals surface area contributed by atoms with Crippen molar-refractivity contribution < 1.29 is 5.11 Å². The van der Waals surface area contributed by atoms with E-state index in [2.05, 4.69) is 35.2 Å². The number of hydrogen-bond donors (Lipinski definition) is 1. The van der Waals surface area contributed by atoms with Gasteiger partial charge in [-0.3, -0.25) is 4.90 Å². The molecule has 1 aromatic rings. The number of aliphatic hydroxyl groups excluding tert-OH is 1. The zero-order chi connectivity index (χ0) is 12.4. The van der Waals surface area contributed by atoms with Gasteiger partial charge >= 0.3 is 0 Å². The first kappa shape index (κ1) is 12.2. The normalized spacial score (nSPS) is 32.4. The Balaban J connectivity index is 1.65. The summed E-state index contributed by atoms with van der Waals surface area (Å²) in [5.41, 5.74) is 1.84. The van der Waals surface area contributed by atoms with Crippen LogP contribution in [-0.4, -0.2) is 29.7 Å². The highest BCUT2D eigenvalue weighted by Gasteiger charge is 2.46. The van der Waals surface area contributed by atoms with E-state index in [0.717, 1.165) is 6.54 Å². The Morgan fingerprint density at radius 1 is 1.22 bits per heavy atom. The molecule has 0 radical (unpaired) electrons. The molecule has 1 saturated heterocycles. The van der Waals surface area contributed by atoms with Crippen LogP contribution in [0.2, 0.25) is 0 Å². The van der Waals surface area contributed by atoms with E-state index in [9.17, 15) is 5.11 Å². The Labute approximate surface area is 110 Å². The Hall–Kier alpha value is -0.860. The monoisotopic (exact) mass is 245 g/mol. The number of benzene rings is 1. The molecule has 0 aromatic heterocycles. The molecule has 1 aromatic carbocycles. The lowest BCUT2D eigenvalue weighted by Crippen LogP contribution is -2.32. The first-order valence-electron chi connectivity index (χ1n) is 7.19. The quantitative estimate of drug-likeness (QED) is 0.885. The molecular weight excluding hydrogens is 222 g/mol. The van der Waals surface area contributed by atoms with Gasteiger partial charge in [0, 0.05) is 19.7 Å². The summed E-state index contributed by atoms with van der Waals surface area (Å²) in [7, 11) is 0. The molecule has 2 nitrogen and oxygen atoms in total. The number of hydrogen-bond acceptors (Lipinski definition) is 2. The maximum absolute atomic E-state index is 9.55. The number of likely N-dealkylation sites (tertiary alicyclic amines) is 1. The molecule has 18 heavy (non-hydrogen) atoms. The minimum absolute atomic E-state index is 0.388. The van der Waals surface area contributed by atoms with Crippen LogP contribution < -0.4 is 0 Å². The second-order valence-electron chi connectivity index (χ2n) is 6.08. The first-order valence-corrected chi connectivity index (χ1v) is 7.19. The van der Waals surface area contributed by atoms with Crippen LogP contribution in [0.4, 0.5) is 0 Å². The van der Waals surface area contributed by atoms with E-state index in [1.54, 1.807) is 0 Å². The summed E-state index contributed by atoms with van der Waals surface area (Å²) in [6, 6.07) is 10.7. The highest BCUT2D eigenvalue weighted by Crippen LogP contribution is 2.49. The molecule has 1 aliphatic heterocycles. The molecular formula is C16H23NO. The minimum atomic E-state index is 0.388. The van der Waals surface area contributed by atoms with Gasteiger partial charge in [0.15, 0.2) is 0 Å². The third-order valence-corrected chi connectivity index (χ3v) is 5.03.